The van der Waals surface area contributed by atoms with E-state index in [1.54, 1.807) is 13.0 Å². The monoisotopic (exact) mass is 129 g/mol. The molecule has 54 valence electrons. The Bertz CT molecular complexity index is 81.0. The molecule has 0 aliphatic carbocycles. The van der Waals surface area contributed by atoms with Crippen LogP contribution in [0.15, 0.2) is 12.7 Å². The second-order valence-electron chi connectivity index (χ2n) is 2.23. The highest BCUT2D eigenvalue weighted by Gasteiger charge is 2.04. The summed E-state index contributed by atoms with van der Waals surface area (Å²) < 4.78 is 0. The highest BCUT2D eigenvalue weighted by molar-refractivity contribution is 4.74. The first-order valence-corrected chi connectivity index (χ1v) is 3.20. The molecule has 0 fully saturated rings. The van der Waals surface area contributed by atoms with Gasteiger partial charge in [-0.2, -0.15) is 0 Å². The lowest BCUT2D eigenvalue weighted by atomic mass is 10.2. The van der Waals surface area contributed by atoms with E-state index < -0.39 is 0 Å². The maximum Gasteiger partial charge on any atom is 0.0662 e. The Kier molecular flexibility index (Phi) is 4.36. The summed E-state index contributed by atoms with van der Waals surface area (Å²) in [6.07, 6.45) is 1.49. The maximum atomic E-state index is 8.95. The molecule has 0 aliphatic heterocycles. The van der Waals surface area contributed by atoms with E-state index in [0.29, 0.717) is 0 Å². The first-order chi connectivity index (χ1) is 4.18. The van der Waals surface area contributed by atoms with Crippen molar-refractivity contribution in [2.24, 2.45) is 0 Å². The van der Waals surface area contributed by atoms with Gasteiger partial charge >= 0.3 is 0 Å². The maximum absolute atomic E-state index is 8.95. The van der Waals surface area contributed by atoms with Crippen molar-refractivity contribution >= 4 is 0 Å². The smallest absolute Gasteiger partial charge is 0.0662 e. The van der Waals surface area contributed by atoms with Crippen molar-refractivity contribution in [1.82, 2.24) is 5.32 Å². The normalized spacial score (nSPS) is 16.8. The van der Waals surface area contributed by atoms with Gasteiger partial charge in [-0.15, -0.1) is 6.58 Å². The molecule has 0 aromatic carbocycles. The van der Waals surface area contributed by atoms with E-state index in [0.717, 1.165) is 6.54 Å². The summed E-state index contributed by atoms with van der Waals surface area (Å²) in [6, 6.07) is 0.156. The quantitative estimate of drug-likeness (QED) is 0.543. The number of aliphatic hydroxyl groups is 1. The van der Waals surface area contributed by atoms with Crippen LogP contribution in [0.2, 0.25) is 0 Å². The van der Waals surface area contributed by atoms with E-state index in [1.165, 1.54) is 0 Å². The summed E-state index contributed by atoms with van der Waals surface area (Å²) >= 11 is 0. The number of hydrogen-bond acceptors (Lipinski definition) is 2. The van der Waals surface area contributed by atoms with Crippen molar-refractivity contribution < 1.29 is 5.11 Å². The van der Waals surface area contributed by atoms with Gasteiger partial charge in [-0.3, -0.25) is 0 Å². The molecule has 0 saturated carbocycles. The van der Waals surface area contributed by atoms with Crippen LogP contribution in [-0.2, 0) is 0 Å². The van der Waals surface area contributed by atoms with Gasteiger partial charge in [0.25, 0.3) is 0 Å². The third-order valence-electron chi connectivity index (χ3n) is 1.31. The number of rotatable bonds is 4. The van der Waals surface area contributed by atoms with Crippen LogP contribution in [0.3, 0.4) is 0 Å². The predicted molar refractivity (Wildman–Crippen MR) is 39.3 cm³/mol. The van der Waals surface area contributed by atoms with Crippen molar-refractivity contribution in [2.75, 3.05) is 6.54 Å². The fourth-order valence-electron chi connectivity index (χ4n) is 0.440. The minimum absolute atomic E-state index is 0.156. The Labute approximate surface area is 56.6 Å². The Morgan fingerprint density at radius 3 is 2.56 bits per heavy atom. The average Bonchev–Trinajstić information content (AvgIpc) is 1.82. The zero-order valence-corrected chi connectivity index (χ0v) is 6.09. The van der Waals surface area contributed by atoms with Crippen molar-refractivity contribution in [3.63, 3.8) is 0 Å². The molecule has 2 nitrogen and oxygen atoms in total. The lowest BCUT2D eigenvalue weighted by Gasteiger charge is -2.14. The van der Waals surface area contributed by atoms with Gasteiger partial charge < -0.3 is 10.4 Å². The van der Waals surface area contributed by atoms with Gasteiger partial charge in [0.2, 0.25) is 0 Å². The molecule has 0 rings (SSSR count). The van der Waals surface area contributed by atoms with Crippen LogP contribution >= 0.6 is 0 Å². The Hall–Kier alpha value is -0.340. The molecule has 0 aromatic heterocycles. The largest absolute Gasteiger partial charge is 0.392 e. The Balaban J connectivity index is 3.26. The molecule has 9 heavy (non-hydrogen) atoms. The molecule has 0 bridgehead atoms. The third kappa shape index (κ3) is 4.18. The summed E-state index contributed by atoms with van der Waals surface area (Å²) in [5, 5.41) is 12.0. The van der Waals surface area contributed by atoms with Gasteiger partial charge in [-0.1, -0.05) is 6.08 Å². The third-order valence-corrected chi connectivity index (χ3v) is 1.31. The minimum atomic E-state index is -0.287. The van der Waals surface area contributed by atoms with Crippen molar-refractivity contribution in [2.45, 2.75) is 26.0 Å². The summed E-state index contributed by atoms with van der Waals surface area (Å²) in [5.74, 6) is 0. The van der Waals surface area contributed by atoms with Crippen LogP contribution in [0.4, 0.5) is 0 Å². The standard InChI is InChI=1S/C7H15NO/c1-4-5-8-6(2)7(3)9/h4,6-9H,1,5H2,2-3H3. The fraction of sp³-hybridized carbons (Fsp3) is 0.714. The van der Waals surface area contributed by atoms with Gasteiger partial charge in [0.1, 0.15) is 0 Å². The zero-order valence-electron chi connectivity index (χ0n) is 6.09. The number of hydrogen-bond donors (Lipinski definition) is 2. The molecule has 0 amide bonds. The van der Waals surface area contributed by atoms with Gasteiger partial charge in [0.05, 0.1) is 6.10 Å². The summed E-state index contributed by atoms with van der Waals surface area (Å²) in [6.45, 7) is 8.01. The molecule has 0 heterocycles. The summed E-state index contributed by atoms with van der Waals surface area (Å²) in [7, 11) is 0. The highest BCUT2D eigenvalue weighted by atomic mass is 16.3. The Morgan fingerprint density at radius 1 is 1.67 bits per heavy atom. The van der Waals surface area contributed by atoms with Crippen LogP contribution in [0, 0.1) is 0 Å². The molecule has 2 heteroatoms. The minimum Gasteiger partial charge on any atom is -0.392 e. The molecule has 2 N–H and O–H groups in total. The first kappa shape index (κ1) is 8.66. The molecule has 0 spiro atoms. The molecule has 0 aliphatic rings. The highest BCUT2D eigenvalue weighted by Crippen LogP contribution is 1.88. The number of nitrogens with one attached hydrogen (secondary N) is 1. The molecule has 0 aromatic rings. The SMILES string of the molecule is C=CCNC(C)C(C)O. The van der Waals surface area contributed by atoms with Crippen molar-refractivity contribution in [1.29, 1.82) is 0 Å². The second-order valence-corrected chi connectivity index (χ2v) is 2.23. The van der Waals surface area contributed by atoms with Crippen molar-refractivity contribution in [3.05, 3.63) is 12.7 Å². The molecule has 2 atom stereocenters. The van der Waals surface area contributed by atoms with Gasteiger partial charge in [-0.05, 0) is 13.8 Å². The summed E-state index contributed by atoms with van der Waals surface area (Å²) in [4.78, 5) is 0. The van der Waals surface area contributed by atoms with Gasteiger partial charge in [0.15, 0.2) is 0 Å². The Morgan fingerprint density at radius 2 is 2.22 bits per heavy atom. The number of aliphatic hydroxyl groups excluding tert-OH is 1. The van der Waals surface area contributed by atoms with E-state index in [4.69, 9.17) is 5.11 Å². The summed E-state index contributed by atoms with van der Waals surface area (Å²) in [5.41, 5.74) is 0. The average molecular weight is 129 g/mol. The molecular formula is C7H15NO. The van der Waals surface area contributed by atoms with Crippen LogP contribution < -0.4 is 5.32 Å². The molecule has 2 unspecified atom stereocenters. The van der Waals surface area contributed by atoms with Crippen LogP contribution in [0.25, 0.3) is 0 Å². The van der Waals surface area contributed by atoms with Gasteiger partial charge in [0, 0.05) is 12.6 Å². The lowest BCUT2D eigenvalue weighted by molar-refractivity contribution is 0.155. The topological polar surface area (TPSA) is 32.3 Å². The predicted octanol–water partition coefficient (Wildman–Crippen LogP) is 0.531. The molecular weight excluding hydrogens is 114 g/mol. The lowest BCUT2D eigenvalue weighted by Crippen LogP contribution is -2.35. The molecule has 0 saturated heterocycles. The molecule has 0 radical (unpaired) electrons. The van der Waals surface area contributed by atoms with E-state index in [2.05, 4.69) is 11.9 Å². The van der Waals surface area contributed by atoms with E-state index in [1.807, 2.05) is 6.92 Å². The van der Waals surface area contributed by atoms with Crippen LogP contribution in [0.5, 0.6) is 0 Å². The van der Waals surface area contributed by atoms with E-state index >= 15 is 0 Å². The van der Waals surface area contributed by atoms with Crippen LogP contribution in [-0.4, -0.2) is 23.8 Å². The van der Waals surface area contributed by atoms with Crippen molar-refractivity contribution in [3.8, 4) is 0 Å². The van der Waals surface area contributed by atoms with E-state index in [-0.39, 0.29) is 12.1 Å². The second kappa shape index (κ2) is 4.53. The fourth-order valence-corrected chi connectivity index (χ4v) is 0.440. The zero-order chi connectivity index (χ0) is 7.28. The van der Waals surface area contributed by atoms with E-state index in [9.17, 15) is 0 Å². The van der Waals surface area contributed by atoms with Crippen LogP contribution in [0.1, 0.15) is 13.8 Å². The first-order valence-electron chi connectivity index (χ1n) is 3.20. The van der Waals surface area contributed by atoms with Gasteiger partial charge in [-0.25, -0.2) is 0 Å².